The Kier molecular flexibility index (Phi) is 4.18. The van der Waals surface area contributed by atoms with Crippen LogP contribution in [0.5, 0.6) is 0 Å². The number of rotatable bonds is 5. The van der Waals surface area contributed by atoms with Gasteiger partial charge in [0.15, 0.2) is 0 Å². The minimum absolute atomic E-state index is 0.222. The predicted molar refractivity (Wildman–Crippen MR) is 48.5 cm³/mol. The summed E-state index contributed by atoms with van der Waals surface area (Å²) in [7, 11) is 0. The molecule has 0 amide bonds. The maximum Gasteiger partial charge on any atom is 0.303 e. The number of hydrogen-bond acceptors (Lipinski definition) is 3. The Morgan fingerprint density at radius 1 is 1.54 bits per heavy atom. The average Bonchev–Trinajstić information content (AvgIpc) is 2.48. The van der Waals surface area contributed by atoms with Crippen molar-refractivity contribution in [2.24, 2.45) is 5.92 Å². The first-order valence-electron chi connectivity index (χ1n) is 4.77. The number of hydrogen-bond donors (Lipinski definition) is 2. The Morgan fingerprint density at radius 2 is 2.31 bits per heavy atom. The molecule has 1 aliphatic heterocycles. The van der Waals surface area contributed by atoms with Crippen LogP contribution in [0.2, 0.25) is 0 Å². The van der Waals surface area contributed by atoms with Crippen LogP contribution in [0.25, 0.3) is 0 Å². The van der Waals surface area contributed by atoms with E-state index in [0.717, 1.165) is 32.5 Å². The normalized spacial score (nSPS) is 23.6. The van der Waals surface area contributed by atoms with Gasteiger partial charge in [-0.05, 0) is 25.3 Å². The molecule has 1 unspecified atom stereocenters. The van der Waals surface area contributed by atoms with Crippen molar-refractivity contribution in [1.82, 2.24) is 4.90 Å². The average molecular weight is 187 g/mol. The van der Waals surface area contributed by atoms with Crippen LogP contribution in [0.1, 0.15) is 19.3 Å². The highest BCUT2D eigenvalue weighted by molar-refractivity contribution is 5.67. The van der Waals surface area contributed by atoms with E-state index in [2.05, 4.69) is 4.90 Å². The van der Waals surface area contributed by atoms with Crippen molar-refractivity contribution in [3.8, 4) is 0 Å². The second-order valence-corrected chi connectivity index (χ2v) is 3.63. The van der Waals surface area contributed by atoms with Gasteiger partial charge in [0.25, 0.3) is 0 Å². The van der Waals surface area contributed by atoms with Gasteiger partial charge in [-0.1, -0.05) is 0 Å². The van der Waals surface area contributed by atoms with Crippen LogP contribution in [0.15, 0.2) is 0 Å². The minimum Gasteiger partial charge on any atom is -0.481 e. The second-order valence-electron chi connectivity index (χ2n) is 3.63. The van der Waals surface area contributed by atoms with Gasteiger partial charge < -0.3 is 15.1 Å². The van der Waals surface area contributed by atoms with Crippen LogP contribution in [0.3, 0.4) is 0 Å². The van der Waals surface area contributed by atoms with Crippen molar-refractivity contribution in [2.75, 3.05) is 26.2 Å². The zero-order valence-electron chi connectivity index (χ0n) is 7.78. The van der Waals surface area contributed by atoms with Crippen molar-refractivity contribution < 1.29 is 15.0 Å². The Labute approximate surface area is 78.2 Å². The molecule has 1 heterocycles. The van der Waals surface area contributed by atoms with Crippen molar-refractivity contribution in [3.63, 3.8) is 0 Å². The predicted octanol–water partition coefficient (Wildman–Crippen LogP) is 0.165. The summed E-state index contributed by atoms with van der Waals surface area (Å²) in [5, 5.41) is 17.2. The lowest BCUT2D eigenvalue weighted by Crippen LogP contribution is -2.23. The lowest BCUT2D eigenvalue weighted by Gasteiger charge is -2.14. The molecule has 0 aromatic heterocycles. The zero-order chi connectivity index (χ0) is 9.68. The summed E-state index contributed by atoms with van der Waals surface area (Å²) in [4.78, 5) is 12.6. The molecule has 1 fully saturated rings. The van der Waals surface area contributed by atoms with Crippen molar-refractivity contribution in [3.05, 3.63) is 0 Å². The van der Waals surface area contributed by atoms with E-state index in [4.69, 9.17) is 10.2 Å². The third-order valence-corrected chi connectivity index (χ3v) is 2.47. The fourth-order valence-corrected chi connectivity index (χ4v) is 1.82. The fraction of sp³-hybridized carbons (Fsp3) is 0.889. The van der Waals surface area contributed by atoms with E-state index in [-0.39, 0.29) is 13.0 Å². The molecule has 0 aliphatic carbocycles. The van der Waals surface area contributed by atoms with E-state index in [9.17, 15) is 4.79 Å². The number of aliphatic hydroxyl groups excluding tert-OH is 1. The van der Waals surface area contributed by atoms with Gasteiger partial charge in [0.1, 0.15) is 0 Å². The number of aliphatic carboxylic acids is 1. The first kappa shape index (κ1) is 10.5. The largest absolute Gasteiger partial charge is 0.481 e. The number of nitrogens with zero attached hydrogens (tertiary/aromatic N) is 1. The topological polar surface area (TPSA) is 60.8 Å². The molecule has 0 radical (unpaired) electrons. The fourth-order valence-electron chi connectivity index (χ4n) is 1.82. The standard InChI is InChI=1S/C9H17NO3/c11-5-1-3-10-4-2-8(7-10)6-9(12)13/h8,11H,1-7H2,(H,12,13). The van der Waals surface area contributed by atoms with E-state index in [1.165, 1.54) is 0 Å². The number of carboxylic acids is 1. The van der Waals surface area contributed by atoms with E-state index in [1.54, 1.807) is 0 Å². The number of carbonyl (C=O) groups is 1. The Bertz CT molecular complexity index is 172. The summed E-state index contributed by atoms with van der Waals surface area (Å²) >= 11 is 0. The van der Waals surface area contributed by atoms with Gasteiger partial charge in [-0.25, -0.2) is 0 Å². The highest BCUT2D eigenvalue weighted by atomic mass is 16.4. The van der Waals surface area contributed by atoms with Gasteiger partial charge in [0, 0.05) is 26.1 Å². The number of aliphatic hydroxyl groups is 1. The van der Waals surface area contributed by atoms with Crippen molar-refractivity contribution in [1.29, 1.82) is 0 Å². The Hall–Kier alpha value is -0.610. The molecular weight excluding hydrogens is 170 g/mol. The molecular formula is C9H17NO3. The molecule has 1 rings (SSSR count). The van der Waals surface area contributed by atoms with Gasteiger partial charge >= 0.3 is 5.97 Å². The molecule has 1 aliphatic rings. The molecule has 0 spiro atoms. The number of carboxylic acid groups (broad SMARTS) is 1. The molecule has 4 heteroatoms. The summed E-state index contributed by atoms with van der Waals surface area (Å²) in [6.07, 6.45) is 2.06. The highest BCUT2D eigenvalue weighted by Crippen LogP contribution is 2.19. The molecule has 0 aromatic rings. The zero-order valence-corrected chi connectivity index (χ0v) is 7.78. The molecule has 1 atom stereocenters. The van der Waals surface area contributed by atoms with Crippen LogP contribution in [-0.2, 0) is 4.79 Å². The first-order valence-corrected chi connectivity index (χ1v) is 4.77. The van der Waals surface area contributed by atoms with Gasteiger partial charge in [-0.3, -0.25) is 4.79 Å². The number of likely N-dealkylation sites (tertiary alicyclic amines) is 1. The summed E-state index contributed by atoms with van der Waals surface area (Å²) in [5.41, 5.74) is 0. The van der Waals surface area contributed by atoms with Crippen LogP contribution < -0.4 is 0 Å². The summed E-state index contributed by atoms with van der Waals surface area (Å²) in [5.74, 6) is -0.384. The molecule has 76 valence electrons. The third-order valence-electron chi connectivity index (χ3n) is 2.47. The molecule has 13 heavy (non-hydrogen) atoms. The van der Waals surface area contributed by atoms with E-state index >= 15 is 0 Å². The molecule has 0 aromatic carbocycles. The van der Waals surface area contributed by atoms with Gasteiger partial charge in [0.05, 0.1) is 0 Å². The molecule has 4 nitrogen and oxygen atoms in total. The van der Waals surface area contributed by atoms with E-state index in [1.807, 2.05) is 0 Å². The highest BCUT2D eigenvalue weighted by Gasteiger charge is 2.23. The second kappa shape index (κ2) is 5.19. The van der Waals surface area contributed by atoms with Gasteiger partial charge in [0.2, 0.25) is 0 Å². The molecule has 1 saturated heterocycles. The van der Waals surface area contributed by atoms with Crippen LogP contribution in [0, 0.1) is 5.92 Å². The maximum atomic E-state index is 10.4. The van der Waals surface area contributed by atoms with Gasteiger partial charge in [-0.2, -0.15) is 0 Å². The third kappa shape index (κ3) is 3.74. The maximum absolute atomic E-state index is 10.4. The monoisotopic (exact) mass is 187 g/mol. The van der Waals surface area contributed by atoms with Crippen LogP contribution in [0.4, 0.5) is 0 Å². The molecule has 0 bridgehead atoms. The van der Waals surface area contributed by atoms with E-state index < -0.39 is 5.97 Å². The lowest BCUT2D eigenvalue weighted by atomic mass is 10.1. The summed E-state index contributed by atoms with van der Waals surface area (Å²) < 4.78 is 0. The van der Waals surface area contributed by atoms with Gasteiger partial charge in [-0.15, -0.1) is 0 Å². The Morgan fingerprint density at radius 3 is 2.92 bits per heavy atom. The minimum atomic E-state index is -0.700. The van der Waals surface area contributed by atoms with Crippen LogP contribution in [-0.4, -0.2) is 47.3 Å². The summed E-state index contributed by atoms with van der Waals surface area (Å²) in [6.45, 7) is 2.98. The molecule has 0 saturated carbocycles. The molecule has 2 N–H and O–H groups in total. The smallest absolute Gasteiger partial charge is 0.303 e. The van der Waals surface area contributed by atoms with Crippen molar-refractivity contribution >= 4 is 5.97 Å². The summed E-state index contributed by atoms with van der Waals surface area (Å²) in [6, 6.07) is 0. The Balaban J connectivity index is 2.16. The first-order chi connectivity index (χ1) is 6.22. The van der Waals surface area contributed by atoms with E-state index in [0.29, 0.717) is 5.92 Å². The van der Waals surface area contributed by atoms with Crippen LogP contribution >= 0.6 is 0 Å². The lowest BCUT2D eigenvalue weighted by molar-refractivity contribution is -0.138. The quantitative estimate of drug-likeness (QED) is 0.644. The van der Waals surface area contributed by atoms with Crippen molar-refractivity contribution in [2.45, 2.75) is 19.3 Å². The SMILES string of the molecule is O=C(O)CC1CCN(CCCO)C1.